The van der Waals surface area contributed by atoms with Crippen molar-refractivity contribution in [2.75, 3.05) is 5.33 Å². The molecule has 0 heterocycles. The van der Waals surface area contributed by atoms with Gasteiger partial charge < -0.3 is 0 Å². The Morgan fingerprint density at radius 2 is 1.79 bits per heavy atom. The number of halogens is 4. The predicted octanol–water partition coefficient (Wildman–Crippen LogP) is 5.96. The highest BCUT2D eigenvalue weighted by Crippen LogP contribution is 2.28. The van der Waals surface area contributed by atoms with Crippen molar-refractivity contribution in [3.8, 4) is 0 Å². The fourth-order valence-corrected chi connectivity index (χ4v) is 3.02. The summed E-state index contributed by atoms with van der Waals surface area (Å²) in [5.41, 5.74) is 2.05. The molecule has 0 radical (unpaired) electrons. The Bertz CT molecular complexity index is 555. The lowest BCUT2D eigenvalue weighted by Gasteiger charge is -2.16. The zero-order valence-electron chi connectivity index (χ0n) is 10.0. The lowest BCUT2D eigenvalue weighted by molar-refractivity contribution is 0.623. The van der Waals surface area contributed by atoms with Gasteiger partial charge in [-0.15, -0.1) is 0 Å². The standard InChI is InChI=1S/C15H12Br2ClF/c16-9-12(10-1-3-13(17)4-2-10)7-11-8-14(19)5-6-15(11)18/h1-6,8,12H,7,9H2. The molecule has 0 spiro atoms. The fourth-order valence-electron chi connectivity index (χ4n) is 1.96. The zero-order chi connectivity index (χ0) is 13.8. The molecule has 0 N–H and O–H groups in total. The van der Waals surface area contributed by atoms with Crippen molar-refractivity contribution in [2.24, 2.45) is 0 Å². The van der Waals surface area contributed by atoms with Gasteiger partial charge in [-0.25, -0.2) is 4.39 Å². The first-order chi connectivity index (χ1) is 9.10. The first-order valence-corrected chi connectivity index (χ1v) is 8.14. The fraction of sp³-hybridized carbons (Fsp3) is 0.200. The minimum atomic E-state index is -0.247. The molecule has 4 heteroatoms. The van der Waals surface area contributed by atoms with Gasteiger partial charge in [-0.1, -0.05) is 55.6 Å². The van der Waals surface area contributed by atoms with Crippen molar-refractivity contribution in [3.05, 3.63) is 68.9 Å². The molecule has 2 rings (SSSR count). The van der Waals surface area contributed by atoms with Crippen LogP contribution in [0.5, 0.6) is 0 Å². The molecule has 1 atom stereocenters. The molecule has 19 heavy (non-hydrogen) atoms. The maximum absolute atomic E-state index is 13.3. The molecule has 0 bridgehead atoms. The second kappa shape index (κ2) is 6.87. The molecule has 0 fully saturated rings. The molecule has 1 unspecified atom stereocenters. The van der Waals surface area contributed by atoms with Crippen LogP contribution in [0.1, 0.15) is 17.0 Å². The Morgan fingerprint density at radius 3 is 2.42 bits per heavy atom. The molecule has 2 aromatic carbocycles. The van der Waals surface area contributed by atoms with Crippen molar-refractivity contribution >= 4 is 43.5 Å². The minimum absolute atomic E-state index is 0.247. The van der Waals surface area contributed by atoms with E-state index in [1.54, 1.807) is 6.07 Å². The van der Waals surface area contributed by atoms with Crippen LogP contribution < -0.4 is 0 Å². The smallest absolute Gasteiger partial charge is 0.123 e. The lowest BCUT2D eigenvalue weighted by Crippen LogP contribution is -2.05. The summed E-state index contributed by atoms with van der Waals surface area (Å²) in [6.45, 7) is 0. The van der Waals surface area contributed by atoms with Crippen LogP contribution in [0.4, 0.5) is 4.39 Å². The molecule has 0 aromatic heterocycles. The molecule has 2 aromatic rings. The zero-order valence-corrected chi connectivity index (χ0v) is 14.0. The Labute approximate surface area is 134 Å². The van der Waals surface area contributed by atoms with E-state index in [9.17, 15) is 4.39 Å². The quantitative estimate of drug-likeness (QED) is 0.550. The monoisotopic (exact) mass is 404 g/mol. The van der Waals surface area contributed by atoms with E-state index in [0.717, 1.165) is 15.4 Å². The maximum Gasteiger partial charge on any atom is 0.123 e. The van der Waals surface area contributed by atoms with E-state index >= 15 is 0 Å². The van der Waals surface area contributed by atoms with Crippen LogP contribution in [-0.2, 0) is 6.42 Å². The number of hydrogen-bond donors (Lipinski definition) is 0. The van der Waals surface area contributed by atoms with Crippen LogP contribution in [-0.4, -0.2) is 5.33 Å². The Kier molecular flexibility index (Phi) is 5.43. The van der Waals surface area contributed by atoms with Crippen molar-refractivity contribution in [2.45, 2.75) is 12.3 Å². The highest BCUT2D eigenvalue weighted by atomic mass is 79.9. The lowest BCUT2D eigenvalue weighted by atomic mass is 9.94. The van der Waals surface area contributed by atoms with Gasteiger partial charge in [-0.05, 0) is 53.8 Å². The average molecular weight is 407 g/mol. The number of alkyl halides is 1. The average Bonchev–Trinajstić information content (AvgIpc) is 2.41. The Hall–Kier alpha value is -0.380. The first kappa shape index (κ1) is 15.0. The summed E-state index contributed by atoms with van der Waals surface area (Å²) in [7, 11) is 0. The largest absolute Gasteiger partial charge is 0.207 e. The normalized spacial score (nSPS) is 12.4. The third-order valence-corrected chi connectivity index (χ3v) is 4.68. The van der Waals surface area contributed by atoms with Crippen molar-refractivity contribution in [1.82, 2.24) is 0 Å². The van der Waals surface area contributed by atoms with Crippen LogP contribution in [0, 0.1) is 5.82 Å². The van der Waals surface area contributed by atoms with E-state index < -0.39 is 0 Å². The Balaban J connectivity index is 2.23. The van der Waals surface area contributed by atoms with Gasteiger partial charge >= 0.3 is 0 Å². The maximum atomic E-state index is 13.3. The van der Waals surface area contributed by atoms with Gasteiger partial charge in [-0.3, -0.25) is 0 Å². The Morgan fingerprint density at radius 1 is 1.11 bits per heavy atom. The molecule has 0 saturated carbocycles. The van der Waals surface area contributed by atoms with E-state index in [0.29, 0.717) is 11.4 Å². The van der Waals surface area contributed by atoms with Gasteiger partial charge in [0, 0.05) is 14.8 Å². The molecule has 0 aliphatic rings. The second-order valence-electron chi connectivity index (χ2n) is 4.34. The minimum Gasteiger partial charge on any atom is -0.207 e. The summed E-state index contributed by atoms with van der Waals surface area (Å²) in [5.74, 6) is 0.0240. The molecule has 0 nitrogen and oxygen atoms in total. The molecule has 0 amide bonds. The number of hydrogen-bond acceptors (Lipinski definition) is 0. The van der Waals surface area contributed by atoms with E-state index in [4.69, 9.17) is 11.6 Å². The SMILES string of the molecule is Fc1ccc(Cl)c(CC(CBr)c2ccc(Br)cc2)c1. The summed E-state index contributed by atoms with van der Waals surface area (Å²) in [5, 5.41) is 1.42. The first-order valence-electron chi connectivity index (χ1n) is 5.85. The molecule has 0 aliphatic carbocycles. The topological polar surface area (TPSA) is 0 Å². The van der Waals surface area contributed by atoms with E-state index in [1.165, 1.54) is 17.7 Å². The highest BCUT2D eigenvalue weighted by Gasteiger charge is 2.13. The van der Waals surface area contributed by atoms with Crippen molar-refractivity contribution < 1.29 is 4.39 Å². The van der Waals surface area contributed by atoms with Gasteiger partial charge in [0.2, 0.25) is 0 Å². The van der Waals surface area contributed by atoms with Gasteiger partial charge in [0.25, 0.3) is 0 Å². The number of benzene rings is 2. The summed E-state index contributed by atoms with van der Waals surface area (Å²) in [6.07, 6.45) is 0.712. The molecular weight excluding hydrogens is 394 g/mol. The van der Waals surface area contributed by atoms with E-state index in [1.807, 2.05) is 12.1 Å². The van der Waals surface area contributed by atoms with Crippen LogP contribution in [0.15, 0.2) is 46.9 Å². The summed E-state index contributed by atoms with van der Waals surface area (Å²) >= 11 is 13.1. The van der Waals surface area contributed by atoms with Gasteiger partial charge in [0.15, 0.2) is 0 Å². The van der Waals surface area contributed by atoms with Crippen LogP contribution in [0.2, 0.25) is 5.02 Å². The number of rotatable bonds is 4. The second-order valence-corrected chi connectivity index (χ2v) is 6.31. The van der Waals surface area contributed by atoms with Crippen molar-refractivity contribution in [1.29, 1.82) is 0 Å². The van der Waals surface area contributed by atoms with Crippen LogP contribution >= 0.6 is 43.5 Å². The van der Waals surface area contributed by atoms with E-state index in [2.05, 4.69) is 44.0 Å². The summed E-state index contributed by atoms with van der Waals surface area (Å²) in [4.78, 5) is 0. The van der Waals surface area contributed by atoms with Crippen LogP contribution in [0.3, 0.4) is 0 Å². The van der Waals surface area contributed by atoms with Gasteiger partial charge in [-0.2, -0.15) is 0 Å². The molecule has 0 saturated heterocycles. The highest BCUT2D eigenvalue weighted by molar-refractivity contribution is 9.10. The summed E-state index contributed by atoms with van der Waals surface area (Å²) < 4.78 is 14.3. The third-order valence-electron chi connectivity index (χ3n) is 3.00. The molecule has 0 aliphatic heterocycles. The summed E-state index contributed by atoms with van der Waals surface area (Å²) in [6, 6.07) is 12.7. The molecule has 100 valence electrons. The van der Waals surface area contributed by atoms with Crippen LogP contribution in [0.25, 0.3) is 0 Å². The van der Waals surface area contributed by atoms with Gasteiger partial charge in [0.1, 0.15) is 5.82 Å². The van der Waals surface area contributed by atoms with E-state index in [-0.39, 0.29) is 11.7 Å². The van der Waals surface area contributed by atoms with Crippen molar-refractivity contribution in [3.63, 3.8) is 0 Å². The van der Waals surface area contributed by atoms with Gasteiger partial charge in [0.05, 0.1) is 0 Å². The third kappa shape index (κ3) is 4.04. The molecular formula is C15H12Br2ClF. The predicted molar refractivity (Wildman–Crippen MR) is 85.8 cm³/mol.